The van der Waals surface area contributed by atoms with E-state index in [1.54, 1.807) is 0 Å². The monoisotopic (exact) mass is 282 g/mol. The summed E-state index contributed by atoms with van der Waals surface area (Å²) in [6.07, 6.45) is 6.77. The number of nitrogens with one attached hydrogen (secondary N) is 2. The Kier molecular flexibility index (Phi) is 24.2. The molecule has 0 aliphatic rings. The minimum Gasteiger partial charge on any atom is -0.330 e. The van der Waals surface area contributed by atoms with Crippen LogP contribution in [0.4, 0.5) is 0 Å². The van der Waals surface area contributed by atoms with Crippen LogP contribution in [0.25, 0.3) is 4.85 Å². The average Bonchev–Trinajstić information content (AvgIpc) is 2.47. The topological polar surface area (TPSA) is 104 Å². The molecular weight excluding hydrogens is 252 g/mol. The summed E-state index contributed by atoms with van der Waals surface area (Å²) in [6.45, 7) is 10.8. The second-order valence-electron chi connectivity index (χ2n) is 4.35. The van der Waals surface area contributed by atoms with E-state index in [4.69, 9.17) is 23.3 Å². The van der Waals surface area contributed by atoms with Gasteiger partial charge in [0.15, 0.2) is 0 Å². The molecule has 6 nitrogen and oxygen atoms in total. The Labute approximate surface area is 123 Å². The Morgan fingerprint density at radius 1 is 0.900 bits per heavy atom. The van der Waals surface area contributed by atoms with Crippen molar-refractivity contribution in [3.63, 3.8) is 0 Å². The molecule has 0 aromatic carbocycles. The highest BCUT2D eigenvalue weighted by molar-refractivity contribution is 4.72. The molecule has 116 valence electrons. The molecule has 0 aliphatic heterocycles. The van der Waals surface area contributed by atoms with Crippen molar-refractivity contribution >= 4 is 0 Å². The van der Waals surface area contributed by atoms with Crippen LogP contribution in [0.1, 0.15) is 38.5 Å². The Bertz CT molecular complexity index is 219. The summed E-state index contributed by atoms with van der Waals surface area (Å²) in [5, 5.41) is 14.2. The number of nitriles is 1. The van der Waals surface area contributed by atoms with Crippen molar-refractivity contribution in [3.05, 3.63) is 11.4 Å². The van der Waals surface area contributed by atoms with E-state index in [1.807, 2.05) is 6.07 Å². The van der Waals surface area contributed by atoms with Crippen molar-refractivity contribution in [1.29, 1.82) is 5.26 Å². The van der Waals surface area contributed by atoms with Crippen LogP contribution in [0.3, 0.4) is 0 Å². The quantitative estimate of drug-likeness (QED) is 0.241. The maximum atomic E-state index is 8.22. The molecule has 0 amide bonds. The number of rotatable bonds is 12. The van der Waals surface area contributed by atoms with Crippen molar-refractivity contribution in [2.45, 2.75) is 38.5 Å². The molecule has 0 aliphatic carbocycles. The van der Waals surface area contributed by atoms with Crippen molar-refractivity contribution in [2.24, 2.45) is 11.5 Å². The van der Waals surface area contributed by atoms with Crippen molar-refractivity contribution < 1.29 is 0 Å². The zero-order valence-corrected chi connectivity index (χ0v) is 12.5. The number of hydrogen-bond acceptors (Lipinski definition) is 5. The van der Waals surface area contributed by atoms with E-state index in [-0.39, 0.29) is 0 Å². The number of nitrogens with two attached hydrogens (primary N) is 2. The Morgan fingerprint density at radius 3 is 1.95 bits per heavy atom. The highest BCUT2D eigenvalue weighted by Crippen LogP contribution is 1.91. The zero-order valence-electron chi connectivity index (χ0n) is 12.5. The molecule has 0 rings (SSSR count). The molecule has 0 heterocycles. The van der Waals surface area contributed by atoms with E-state index in [9.17, 15) is 0 Å². The third-order valence-corrected chi connectivity index (χ3v) is 2.51. The maximum Gasteiger partial charge on any atom is 0.268 e. The van der Waals surface area contributed by atoms with Crippen LogP contribution < -0.4 is 22.1 Å². The van der Waals surface area contributed by atoms with Crippen LogP contribution in [-0.4, -0.2) is 39.4 Å². The normalized spacial score (nSPS) is 9.20. The van der Waals surface area contributed by atoms with Gasteiger partial charge in [0.1, 0.15) is 0 Å². The Hall–Kier alpha value is -1.18. The van der Waals surface area contributed by atoms with Gasteiger partial charge in [-0.05, 0) is 45.3 Å². The first kappa shape index (κ1) is 21.1. The average molecular weight is 282 g/mol. The first-order valence-electron chi connectivity index (χ1n) is 7.35. The van der Waals surface area contributed by atoms with E-state index in [0.717, 1.165) is 58.3 Å². The SMILES string of the molecule is NCCCCCN.[C-]#[N+]CNCCCCCNCC#N. The Balaban J connectivity index is 0. The van der Waals surface area contributed by atoms with Gasteiger partial charge in [-0.25, -0.2) is 6.57 Å². The van der Waals surface area contributed by atoms with Gasteiger partial charge in [0.25, 0.3) is 6.67 Å². The fourth-order valence-corrected chi connectivity index (χ4v) is 1.42. The predicted octanol–water partition coefficient (Wildman–Crippen LogP) is 0.810. The lowest BCUT2D eigenvalue weighted by molar-refractivity contribution is 0.600. The summed E-state index contributed by atoms with van der Waals surface area (Å²) >= 11 is 0. The molecule has 0 fully saturated rings. The summed E-state index contributed by atoms with van der Waals surface area (Å²) in [5.41, 5.74) is 10.5. The van der Waals surface area contributed by atoms with Gasteiger partial charge in [-0.2, -0.15) is 5.26 Å². The van der Waals surface area contributed by atoms with Gasteiger partial charge < -0.3 is 16.8 Å². The lowest BCUT2D eigenvalue weighted by Gasteiger charge is -2.00. The lowest BCUT2D eigenvalue weighted by atomic mass is 10.2. The summed E-state index contributed by atoms with van der Waals surface area (Å²) in [4.78, 5) is 3.18. The van der Waals surface area contributed by atoms with Gasteiger partial charge in [0.2, 0.25) is 0 Å². The maximum absolute atomic E-state index is 8.22. The lowest BCUT2D eigenvalue weighted by Crippen LogP contribution is -2.17. The van der Waals surface area contributed by atoms with Crippen molar-refractivity contribution in [1.82, 2.24) is 10.6 Å². The molecule has 6 N–H and O–H groups in total. The van der Waals surface area contributed by atoms with E-state index >= 15 is 0 Å². The van der Waals surface area contributed by atoms with Gasteiger partial charge in [0.05, 0.1) is 12.6 Å². The smallest absolute Gasteiger partial charge is 0.268 e. The molecule has 0 bridgehead atoms. The van der Waals surface area contributed by atoms with Crippen LogP contribution in [0.5, 0.6) is 0 Å². The van der Waals surface area contributed by atoms with E-state index < -0.39 is 0 Å². The molecule has 0 spiro atoms. The number of nitrogens with zero attached hydrogens (tertiary/aromatic N) is 2. The van der Waals surface area contributed by atoms with Crippen molar-refractivity contribution in [3.8, 4) is 6.07 Å². The first-order valence-corrected chi connectivity index (χ1v) is 7.35. The fourth-order valence-electron chi connectivity index (χ4n) is 1.42. The van der Waals surface area contributed by atoms with Gasteiger partial charge in [-0.15, -0.1) is 0 Å². The van der Waals surface area contributed by atoms with Crippen LogP contribution in [0, 0.1) is 17.9 Å². The molecule has 0 saturated heterocycles. The fraction of sp³-hybridized carbons (Fsp3) is 0.857. The van der Waals surface area contributed by atoms with E-state index in [2.05, 4.69) is 15.5 Å². The van der Waals surface area contributed by atoms with Crippen LogP contribution in [0.15, 0.2) is 0 Å². The highest BCUT2D eigenvalue weighted by Gasteiger charge is 1.89. The van der Waals surface area contributed by atoms with Gasteiger partial charge >= 0.3 is 0 Å². The Morgan fingerprint density at radius 2 is 1.45 bits per heavy atom. The van der Waals surface area contributed by atoms with E-state index in [1.165, 1.54) is 6.42 Å². The molecule has 0 atom stereocenters. The molecule has 6 heteroatoms. The van der Waals surface area contributed by atoms with Crippen LogP contribution in [-0.2, 0) is 0 Å². The standard InChI is InChI=1S/C9H16N4.C5H14N2/c1-11-9-13-7-4-2-3-6-12-8-5-10;6-4-2-1-3-5-7/h12-13H,2-4,6-9H2;1-7H2. The second-order valence-corrected chi connectivity index (χ2v) is 4.35. The zero-order chi connectivity index (χ0) is 15.3. The third-order valence-electron chi connectivity index (χ3n) is 2.51. The molecule has 0 aromatic heterocycles. The highest BCUT2D eigenvalue weighted by atomic mass is 15.0. The van der Waals surface area contributed by atoms with Crippen LogP contribution in [0.2, 0.25) is 0 Å². The largest absolute Gasteiger partial charge is 0.330 e. The first-order chi connectivity index (χ1) is 9.83. The molecule has 0 saturated carbocycles. The summed E-state index contributed by atoms with van der Waals surface area (Å²) in [6, 6.07) is 2.03. The minimum atomic E-state index is 0.423. The predicted molar refractivity (Wildman–Crippen MR) is 83.8 cm³/mol. The van der Waals surface area contributed by atoms with Crippen LogP contribution >= 0.6 is 0 Å². The number of hydrogen-bond donors (Lipinski definition) is 4. The summed E-state index contributed by atoms with van der Waals surface area (Å²) in [7, 11) is 0. The van der Waals surface area contributed by atoms with Gasteiger partial charge in [-0.3, -0.25) is 10.2 Å². The third kappa shape index (κ3) is 25.6. The van der Waals surface area contributed by atoms with E-state index in [0.29, 0.717) is 13.2 Å². The minimum absolute atomic E-state index is 0.423. The summed E-state index contributed by atoms with van der Waals surface area (Å²) < 4.78 is 0. The van der Waals surface area contributed by atoms with Gasteiger partial charge in [-0.1, -0.05) is 12.8 Å². The van der Waals surface area contributed by atoms with Gasteiger partial charge in [0, 0.05) is 6.54 Å². The van der Waals surface area contributed by atoms with Crippen molar-refractivity contribution in [2.75, 3.05) is 39.4 Å². The molecule has 0 unspecified atom stereocenters. The molecule has 0 aromatic rings. The molecule has 20 heavy (non-hydrogen) atoms. The second kappa shape index (κ2) is 23.0. The molecular formula is C14H30N6. The molecule has 0 radical (unpaired) electrons. The summed E-state index contributed by atoms with van der Waals surface area (Å²) in [5.74, 6) is 0. The number of unbranched alkanes of at least 4 members (excludes halogenated alkanes) is 4.